The molecule has 0 unspecified atom stereocenters. The minimum atomic E-state index is -0.749. The topological polar surface area (TPSA) is 99.6 Å². The van der Waals surface area contributed by atoms with Crippen LogP contribution in [0.3, 0.4) is 0 Å². The largest absolute Gasteiger partial charge is 0.385 e. The lowest BCUT2D eigenvalue weighted by Crippen LogP contribution is -2.05. The van der Waals surface area contributed by atoms with Crippen molar-refractivity contribution in [2.75, 3.05) is 5.32 Å². The van der Waals surface area contributed by atoms with Crippen molar-refractivity contribution in [3.8, 4) is 0 Å². The second-order valence-electron chi connectivity index (χ2n) is 4.65. The summed E-state index contributed by atoms with van der Waals surface area (Å²) in [5.41, 5.74) is 0.146. The molecular formula is C13H12ClFN6O. The number of halogens is 2. The summed E-state index contributed by atoms with van der Waals surface area (Å²) in [4.78, 5) is 12.1. The van der Waals surface area contributed by atoms with Gasteiger partial charge in [0.15, 0.2) is 11.6 Å². The standard InChI is InChI=1S/C13H12ClFN6O/c1-6(22)12-19-9(20-21-12)4-16-13-7-2-3-8(14)10(15)11(7)17-5-18-13/h2-3,5-6,22H,4H2,1H3,(H,16,17,18)(H,19,20,21)/t6-/m1/s1. The molecule has 0 saturated heterocycles. The van der Waals surface area contributed by atoms with Gasteiger partial charge in [-0.2, -0.15) is 5.10 Å². The van der Waals surface area contributed by atoms with Crippen molar-refractivity contribution in [2.45, 2.75) is 19.6 Å². The molecule has 0 bridgehead atoms. The van der Waals surface area contributed by atoms with Crippen molar-refractivity contribution in [2.24, 2.45) is 0 Å². The maximum atomic E-state index is 13.9. The number of anilines is 1. The lowest BCUT2D eigenvalue weighted by Gasteiger charge is -2.07. The van der Waals surface area contributed by atoms with E-state index in [9.17, 15) is 9.50 Å². The molecule has 1 aromatic carbocycles. The van der Waals surface area contributed by atoms with Crippen molar-refractivity contribution in [3.63, 3.8) is 0 Å². The highest BCUT2D eigenvalue weighted by Crippen LogP contribution is 2.26. The Bertz CT molecular complexity index is 821. The van der Waals surface area contributed by atoms with Crippen LogP contribution in [-0.4, -0.2) is 30.3 Å². The van der Waals surface area contributed by atoms with E-state index in [1.165, 1.54) is 12.4 Å². The minimum absolute atomic E-state index is 0.00830. The van der Waals surface area contributed by atoms with Crippen molar-refractivity contribution in [1.82, 2.24) is 25.1 Å². The van der Waals surface area contributed by atoms with Gasteiger partial charge in [-0.25, -0.2) is 19.3 Å². The SMILES string of the molecule is C[C@@H](O)c1n[nH]c(CNc2ncnc3c(F)c(Cl)ccc23)n1. The van der Waals surface area contributed by atoms with Gasteiger partial charge in [-0.15, -0.1) is 0 Å². The summed E-state index contributed by atoms with van der Waals surface area (Å²) in [5, 5.41) is 19.5. The Kier molecular flexibility index (Phi) is 3.86. The summed E-state index contributed by atoms with van der Waals surface area (Å²) in [5.74, 6) is 0.704. The predicted molar refractivity (Wildman–Crippen MR) is 78.8 cm³/mol. The van der Waals surface area contributed by atoms with Crippen LogP contribution in [0.15, 0.2) is 18.5 Å². The molecule has 9 heteroatoms. The van der Waals surface area contributed by atoms with Gasteiger partial charge in [-0.1, -0.05) is 11.6 Å². The molecule has 7 nitrogen and oxygen atoms in total. The summed E-state index contributed by atoms with van der Waals surface area (Å²) < 4.78 is 13.9. The highest BCUT2D eigenvalue weighted by molar-refractivity contribution is 6.31. The van der Waals surface area contributed by atoms with Crippen LogP contribution in [0.1, 0.15) is 24.7 Å². The Morgan fingerprint density at radius 2 is 2.23 bits per heavy atom. The molecule has 2 heterocycles. The number of rotatable bonds is 4. The summed E-state index contributed by atoms with van der Waals surface area (Å²) in [7, 11) is 0. The second kappa shape index (κ2) is 5.82. The quantitative estimate of drug-likeness (QED) is 0.681. The van der Waals surface area contributed by atoms with E-state index in [2.05, 4.69) is 30.5 Å². The number of benzene rings is 1. The molecule has 0 aliphatic heterocycles. The van der Waals surface area contributed by atoms with Crippen LogP contribution in [0.4, 0.5) is 10.2 Å². The molecule has 3 rings (SSSR count). The summed E-state index contributed by atoms with van der Waals surface area (Å²) in [6.07, 6.45) is 0.507. The number of fused-ring (bicyclic) bond motifs is 1. The zero-order chi connectivity index (χ0) is 15.7. The van der Waals surface area contributed by atoms with E-state index < -0.39 is 11.9 Å². The average molecular weight is 323 g/mol. The van der Waals surface area contributed by atoms with Crippen molar-refractivity contribution in [1.29, 1.82) is 0 Å². The van der Waals surface area contributed by atoms with E-state index in [1.807, 2.05) is 0 Å². The van der Waals surface area contributed by atoms with Crippen molar-refractivity contribution < 1.29 is 9.50 Å². The fourth-order valence-electron chi connectivity index (χ4n) is 1.96. The van der Waals surface area contributed by atoms with Gasteiger partial charge >= 0.3 is 0 Å². The molecule has 0 spiro atoms. The first-order chi connectivity index (χ1) is 10.6. The number of nitrogens with zero attached hydrogens (tertiary/aromatic N) is 4. The predicted octanol–water partition coefficient (Wildman–Crippen LogP) is 2.21. The van der Waals surface area contributed by atoms with E-state index in [4.69, 9.17) is 11.6 Å². The zero-order valence-electron chi connectivity index (χ0n) is 11.5. The molecular weight excluding hydrogens is 311 g/mol. The first kappa shape index (κ1) is 14.6. The Labute approximate surface area is 129 Å². The van der Waals surface area contributed by atoms with Crippen molar-refractivity contribution in [3.05, 3.63) is 40.9 Å². The number of aromatic nitrogens is 5. The van der Waals surface area contributed by atoms with Gasteiger partial charge in [-0.3, -0.25) is 5.10 Å². The third kappa shape index (κ3) is 2.70. The molecule has 1 atom stereocenters. The first-order valence-corrected chi connectivity index (χ1v) is 6.86. The molecule has 0 amide bonds. The van der Waals surface area contributed by atoms with Gasteiger partial charge in [0.2, 0.25) is 0 Å². The molecule has 0 aliphatic carbocycles. The van der Waals surface area contributed by atoms with Gasteiger partial charge in [0, 0.05) is 5.39 Å². The Morgan fingerprint density at radius 1 is 1.41 bits per heavy atom. The molecule has 2 aromatic heterocycles. The summed E-state index contributed by atoms with van der Waals surface area (Å²) >= 11 is 5.74. The number of nitrogens with one attached hydrogen (secondary N) is 2. The van der Waals surface area contributed by atoms with E-state index >= 15 is 0 Å². The van der Waals surface area contributed by atoms with Crippen LogP contribution < -0.4 is 5.32 Å². The zero-order valence-corrected chi connectivity index (χ0v) is 12.3. The Morgan fingerprint density at radius 3 is 2.95 bits per heavy atom. The molecule has 0 fully saturated rings. The number of aliphatic hydroxyl groups is 1. The molecule has 0 radical (unpaired) electrons. The maximum Gasteiger partial charge on any atom is 0.178 e. The minimum Gasteiger partial charge on any atom is -0.385 e. The van der Waals surface area contributed by atoms with Gasteiger partial charge < -0.3 is 10.4 Å². The number of H-pyrrole nitrogens is 1. The van der Waals surface area contributed by atoms with Crippen LogP contribution in [-0.2, 0) is 6.54 Å². The number of aromatic amines is 1. The fraction of sp³-hybridized carbons (Fsp3) is 0.231. The van der Waals surface area contributed by atoms with Crippen LogP contribution in [0.5, 0.6) is 0 Å². The van der Waals surface area contributed by atoms with Gasteiger partial charge in [-0.05, 0) is 19.1 Å². The molecule has 114 valence electrons. The normalized spacial score (nSPS) is 12.5. The van der Waals surface area contributed by atoms with E-state index in [0.717, 1.165) is 0 Å². The van der Waals surface area contributed by atoms with Crippen LogP contribution in [0.2, 0.25) is 5.02 Å². The lowest BCUT2D eigenvalue weighted by molar-refractivity contribution is 0.189. The maximum absolute atomic E-state index is 13.9. The third-order valence-corrected chi connectivity index (χ3v) is 3.34. The third-order valence-electron chi connectivity index (χ3n) is 3.04. The monoisotopic (exact) mass is 322 g/mol. The number of hydrogen-bond acceptors (Lipinski definition) is 6. The van der Waals surface area contributed by atoms with Gasteiger partial charge in [0.05, 0.1) is 11.6 Å². The summed E-state index contributed by atoms with van der Waals surface area (Å²) in [6.45, 7) is 1.86. The average Bonchev–Trinajstić information content (AvgIpc) is 2.98. The molecule has 3 N–H and O–H groups in total. The highest BCUT2D eigenvalue weighted by Gasteiger charge is 2.12. The van der Waals surface area contributed by atoms with Crippen LogP contribution in [0, 0.1) is 5.82 Å². The van der Waals surface area contributed by atoms with Gasteiger partial charge in [0.1, 0.15) is 29.6 Å². The number of hydrogen-bond donors (Lipinski definition) is 3. The van der Waals surface area contributed by atoms with Crippen LogP contribution >= 0.6 is 11.6 Å². The molecule has 22 heavy (non-hydrogen) atoms. The molecule has 0 aliphatic rings. The van der Waals surface area contributed by atoms with Crippen LogP contribution in [0.25, 0.3) is 10.9 Å². The molecule has 3 aromatic rings. The van der Waals surface area contributed by atoms with E-state index in [0.29, 0.717) is 22.9 Å². The van der Waals surface area contributed by atoms with Crippen molar-refractivity contribution >= 4 is 28.3 Å². The highest BCUT2D eigenvalue weighted by atomic mass is 35.5. The summed E-state index contributed by atoms with van der Waals surface area (Å²) in [6, 6.07) is 3.10. The Balaban J connectivity index is 1.86. The van der Waals surface area contributed by atoms with E-state index in [1.54, 1.807) is 13.0 Å². The first-order valence-electron chi connectivity index (χ1n) is 6.48. The van der Waals surface area contributed by atoms with E-state index in [-0.39, 0.29) is 17.1 Å². The lowest BCUT2D eigenvalue weighted by atomic mass is 10.2. The number of aliphatic hydroxyl groups excluding tert-OH is 1. The fourth-order valence-corrected chi connectivity index (χ4v) is 2.11. The second-order valence-corrected chi connectivity index (χ2v) is 5.06. The molecule has 0 saturated carbocycles. The smallest absolute Gasteiger partial charge is 0.178 e. The van der Waals surface area contributed by atoms with Gasteiger partial charge in [0.25, 0.3) is 0 Å². The Hall–Kier alpha value is -2.32.